The maximum Gasteiger partial charge on any atom is 0.00966 e. The fourth-order valence-electron chi connectivity index (χ4n) is 0.772. The third kappa shape index (κ3) is 7.86. The van der Waals surface area contributed by atoms with E-state index in [9.17, 15) is 0 Å². The molecule has 0 saturated heterocycles. The first-order valence-electron chi connectivity index (χ1n) is 4.83. The van der Waals surface area contributed by atoms with Crippen molar-refractivity contribution in [3.63, 3.8) is 0 Å². The monoisotopic (exact) mass is 159 g/mol. The average molecular weight is 159 g/mol. The highest BCUT2D eigenvalue weighted by Gasteiger charge is 2.22. The minimum Gasteiger partial charge on any atom is -0.312 e. The Morgan fingerprint density at radius 1 is 1.27 bits per heavy atom. The van der Waals surface area contributed by atoms with Crippen molar-refractivity contribution in [2.24, 2.45) is 5.92 Å². The Balaban J connectivity index is 0. The van der Waals surface area contributed by atoms with Crippen LogP contribution in [0.15, 0.2) is 0 Å². The second-order valence-electron chi connectivity index (χ2n) is 4.07. The van der Waals surface area contributed by atoms with E-state index in [0.717, 1.165) is 5.92 Å². The summed E-state index contributed by atoms with van der Waals surface area (Å²) in [5, 5.41) is 3.48. The SMILES string of the molecule is CC.CC(C)(C)NCC1CC1.[HH]. The molecule has 70 valence electrons. The average Bonchev–Trinajstić information content (AvgIpc) is 2.69. The van der Waals surface area contributed by atoms with E-state index in [1.165, 1.54) is 19.4 Å². The second-order valence-corrected chi connectivity index (χ2v) is 4.07. The summed E-state index contributed by atoms with van der Waals surface area (Å²) in [5.41, 5.74) is 0.322. The van der Waals surface area contributed by atoms with Gasteiger partial charge in [0.15, 0.2) is 0 Å². The van der Waals surface area contributed by atoms with Crippen LogP contribution in [0.5, 0.6) is 0 Å². The van der Waals surface area contributed by atoms with E-state index >= 15 is 0 Å². The molecule has 0 unspecified atom stereocenters. The van der Waals surface area contributed by atoms with Crippen molar-refractivity contribution in [3.8, 4) is 0 Å². The van der Waals surface area contributed by atoms with Gasteiger partial charge in [0.1, 0.15) is 0 Å². The van der Waals surface area contributed by atoms with Gasteiger partial charge in [0, 0.05) is 6.97 Å². The third-order valence-corrected chi connectivity index (χ3v) is 1.62. The molecule has 0 amide bonds. The van der Waals surface area contributed by atoms with Gasteiger partial charge in [0.2, 0.25) is 0 Å². The zero-order chi connectivity index (χ0) is 8.91. The highest BCUT2D eigenvalue weighted by atomic mass is 14.9. The summed E-state index contributed by atoms with van der Waals surface area (Å²) in [6.45, 7) is 11.9. The molecule has 0 aromatic rings. The van der Waals surface area contributed by atoms with Crippen molar-refractivity contribution in [2.45, 2.75) is 53.0 Å². The highest BCUT2D eigenvalue weighted by molar-refractivity contribution is 4.79. The largest absolute Gasteiger partial charge is 0.312 e. The Hall–Kier alpha value is -0.0400. The summed E-state index contributed by atoms with van der Waals surface area (Å²) in [6, 6.07) is 0. The molecule has 0 heterocycles. The predicted molar refractivity (Wildman–Crippen MR) is 53.9 cm³/mol. The maximum atomic E-state index is 3.48. The van der Waals surface area contributed by atoms with E-state index in [-0.39, 0.29) is 1.43 Å². The molecule has 1 fully saturated rings. The Kier molecular flexibility index (Phi) is 4.74. The number of hydrogen-bond donors (Lipinski definition) is 1. The summed E-state index contributed by atoms with van der Waals surface area (Å²) < 4.78 is 0. The molecule has 0 aliphatic heterocycles. The quantitative estimate of drug-likeness (QED) is 0.653. The predicted octanol–water partition coefficient (Wildman–Crippen LogP) is 3.06. The normalized spacial score (nSPS) is 17.2. The molecule has 0 spiro atoms. The van der Waals surface area contributed by atoms with Crippen LogP contribution in [0.4, 0.5) is 0 Å². The van der Waals surface area contributed by atoms with Crippen molar-refractivity contribution in [1.29, 1.82) is 0 Å². The smallest absolute Gasteiger partial charge is 0.00966 e. The van der Waals surface area contributed by atoms with Crippen LogP contribution in [0.3, 0.4) is 0 Å². The minimum atomic E-state index is 0. The molecular formula is C10H25N. The fourth-order valence-corrected chi connectivity index (χ4v) is 0.772. The lowest BCUT2D eigenvalue weighted by atomic mass is 10.1. The molecule has 1 aliphatic rings. The Morgan fingerprint density at radius 3 is 2.00 bits per heavy atom. The van der Waals surface area contributed by atoms with E-state index in [1.54, 1.807) is 0 Å². The zero-order valence-electron chi connectivity index (χ0n) is 8.70. The van der Waals surface area contributed by atoms with E-state index in [0.29, 0.717) is 5.54 Å². The van der Waals surface area contributed by atoms with Crippen LogP contribution in [0.1, 0.15) is 48.9 Å². The molecule has 1 nitrogen and oxygen atoms in total. The van der Waals surface area contributed by atoms with Crippen molar-refractivity contribution in [3.05, 3.63) is 0 Å². The molecule has 0 aromatic carbocycles. The Morgan fingerprint density at radius 2 is 1.73 bits per heavy atom. The molecular weight excluding hydrogens is 134 g/mol. The van der Waals surface area contributed by atoms with Crippen LogP contribution in [0.25, 0.3) is 0 Å². The molecule has 1 N–H and O–H groups in total. The first-order chi connectivity index (χ1) is 5.08. The molecule has 1 aliphatic carbocycles. The van der Waals surface area contributed by atoms with Crippen LogP contribution in [0.2, 0.25) is 0 Å². The van der Waals surface area contributed by atoms with Crippen LogP contribution >= 0.6 is 0 Å². The number of nitrogens with one attached hydrogen (secondary N) is 1. The minimum absolute atomic E-state index is 0. The zero-order valence-corrected chi connectivity index (χ0v) is 8.70. The molecule has 0 atom stereocenters. The Labute approximate surface area is 73.1 Å². The van der Waals surface area contributed by atoms with Crippen molar-refractivity contribution in [1.82, 2.24) is 5.32 Å². The van der Waals surface area contributed by atoms with E-state index in [4.69, 9.17) is 0 Å². The second kappa shape index (κ2) is 4.76. The van der Waals surface area contributed by atoms with Gasteiger partial charge in [-0.05, 0) is 46.1 Å². The van der Waals surface area contributed by atoms with Gasteiger partial charge in [-0.3, -0.25) is 0 Å². The van der Waals surface area contributed by atoms with Crippen molar-refractivity contribution in [2.75, 3.05) is 6.54 Å². The summed E-state index contributed by atoms with van der Waals surface area (Å²) >= 11 is 0. The van der Waals surface area contributed by atoms with Gasteiger partial charge in [0.05, 0.1) is 0 Å². The topological polar surface area (TPSA) is 12.0 Å². The molecule has 0 bridgehead atoms. The van der Waals surface area contributed by atoms with Gasteiger partial charge in [-0.25, -0.2) is 0 Å². The maximum absolute atomic E-state index is 3.48. The summed E-state index contributed by atoms with van der Waals surface area (Å²) in [7, 11) is 0. The third-order valence-electron chi connectivity index (χ3n) is 1.62. The number of rotatable bonds is 2. The molecule has 11 heavy (non-hydrogen) atoms. The first kappa shape index (κ1) is 11.0. The lowest BCUT2D eigenvalue weighted by Crippen LogP contribution is -2.37. The summed E-state index contributed by atoms with van der Waals surface area (Å²) in [5.74, 6) is 1.00. The van der Waals surface area contributed by atoms with Crippen LogP contribution in [-0.4, -0.2) is 12.1 Å². The van der Waals surface area contributed by atoms with Gasteiger partial charge in [-0.15, -0.1) is 0 Å². The molecule has 1 rings (SSSR count). The van der Waals surface area contributed by atoms with E-state index < -0.39 is 0 Å². The van der Waals surface area contributed by atoms with E-state index in [1.807, 2.05) is 13.8 Å². The van der Waals surface area contributed by atoms with Gasteiger partial charge in [-0.1, -0.05) is 13.8 Å². The number of hydrogen-bond acceptors (Lipinski definition) is 1. The van der Waals surface area contributed by atoms with Gasteiger partial charge < -0.3 is 5.32 Å². The lowest BCUT2D eigenvalue weighted by Gasteiger charge is -2.19. The summed E-state index contributed by atoms with van der Waals surface area (Å²) in [4.78, 5) is 0. The van der Waals surface area contributed by atoms with Crippen LogP contribution in [0, 0.1) is 5.92 Å². The van der Waals surface area contributed by atoms with Gasteiger partial charge >= 0.3 is 0 Å². The standard InChI is InChI=1S/C8H17N.C2H6.H2/c1-8(2,3)9-6-7-4-5-7;1-2;/h7,9H,4-6H2,1-3H3;1-2H3;1H. The molecule has 1 heteroatoms. The molecule has 0 aromatic heterocycles. The molecule has 1 saturated carbocycles. The van der Waals surface area contributed by atoms with Crippen molar-refractivity contribution >= 4 is 0 Å². The first-order valence-corrected chi connectivity index (χ1v) is 4.83. The highest BCUT2D eigenvalue weighted by Crippen LogP contribution is 2.28. The van der Waals surface area contributed by atoms with Gasteiger partial charge in [-0.2, -0.15) is 0 Å². The molecule has 0 radical (unpaired) electrons. The fraction of sp³-hybridized carbons (Fsp3) is 1.00. The lowest BCUT2D eigenvalue weighted by molar-refractivity contribution is 0.416. The van der Waals surface area contributed by atoms with Crippen LogP contribution < -0.4 is 5.32 Å². The summed E-state index contributed by atoms with van der Waals surface area (Å²) in [6.07, 6.45) is 2.90. The Bertz CT molecular complexity index is 92.5. The van der Waals surface area contributed by atoms with Crippen LogP contribution in [-0.2, 0) is 0 Å². The van der Waals surface area contributed by atoms with Crippen molar-refractivity contribution < 1.29 is 1.43 Å². The van der Waals surface area contributed by atoms with E-state index in [2.05, 4.69) is 26.1 Å². The van der Waals surface area contributed by atoms with Gasteiger partial charge in [0.25, 0.3) is 0 Å².